The molecule has 0 saturated carbocycles. The van der Waals surface area contributed by atoms with Gasteiger partial charge < -0.3 is 14.8 Å². The average Bonchev–Trinajstić information content (AvgIpc) is 2.72. The lowest BCUT2D eigenvalue weighted by molar-refractivity contribution is 0.0929. The van der Waals surface area contributed by atoms with Crippen LogP contribution in [0.2, 0.25) is 0 Å². The van der Waals surface area contributed by atoms with Crippen LogP contribution >= 0.6 is 0 Å². The molecule has 3 rings (SSSR count). The Hall–Kier alpha value is -2.67. The Morgan fingerprint density at radius 3 is 2.56 bits per heavy atom. The minimum Gasteiger partial charge on any atom is -0.497 e. The first-order valence-corrected chi connectivity index (χ1v) is 9.17. The fourth-order valence-electron chi connectivity index (χ4n) is 3.35. The van der Waals surface area contributed by atoms with Crippen molar-refractivity contribution in [2.75, 3.05) is 33.9 Å². The van der Waals surface area contributed by atoms with Crippen molar-refractivity contribution in [1.82, 2.24) is 20.2 Å². The minimum atomic E-state index is -0.115. The number of likely N-dealkylation sites (tertiary alicyclic amines) is 1. The summed E-state index contributed by atoms with van der Waals surface area (Å²) in [7, 11) is 3.15. The van der Waals surface area contributed by atoms with E-state index in [1.54, 1.807) is 44.8 Å². The predicted molar refractivity (Wildman–Crippen MR) is 102 cm³/mol. The Bertz CT molecular complexity index is 732. The van der Waals surface area contributed by atoms with Gasteiger partial charge in [-0.3, -0.25) is 9.69 Å². The molecule has 7 heteroatoms. The molecule has 2 aromatic rings. The molecule has 1 aromatic heterocycles. The lowest BCUT2D eigenvalue weighted by atomic mass is 9.98. The number of rotatable bonds is 7. The number of methoxy groups -OCH3 is 2. The number of nitrogens with zero attached hydrogens (tertiary/aromatic N) is 3. The zero-order valence-corrected chi connectivity index (χ0v) is 15.9. The van der Waals surface area contributed by atoms with Crippen LogP contribution in [0.25, 0.3) is 0 Å². The van der Waals surface area contributed by atoms with E-state index in [9.17, 15) is 4.79 Å². The van der Waals surface area contributed by atoms with Gasteiger partial charge in [0, 0.05) is 37.1 Å². The third-order valence-electron chi connectivity index (χ3n) is 4.75. The summed E-state index contributed by atoms with van der Waals surface area (Å²) in [4.78, 5) is 23.5. The molecule has 0 radical (unpaired) electrons. The van der Waals surface area contributed by atoms with E-state index in [1.165, 1.54) is 0 Å². The molecular weight excluding hydrogens is 344 g/mol. The molecule has 1 aromatic carbocycles. The smallest absolute Gasteiger partial charge is 0.251 e. The van der Waals surface area contributed by atoms with Crippen LogP contribution in [0.15, 0.2) is 36.7 Å². The van der Waals surface area contributed by atoms with Gasteiger partial charge in [0.2, 0.25) is 0 Å². The first kappa shape index (κ1) is 19.1. The van der Waals surface area contributed by atoms with Gasteiger partial charge in [-0.05, 0) is 43.5 Å². The van der Waals surface area contributed by atoms with Crippen LogP contribution in [0.5, 0.6) is 11.5 Å². The van der Waals surface area contributed by atoms with E-state index in [-0.39, 0.29) is 5.91 Å². The molecule has 0 spiro atoms. The number of carbonyl (C=O) groups is 1. The third-order valence-corrected chi connectivity index (χ3v) is 4.75. The zero-order chi connectivity index (χ0) is 19.1. The molecule has 1 saturated heterocycles. The second-order valence-electron chi connectivity index (χ2n) is 6.72. The summed E-state index contributed by atoms with van der Waals surface area (Å²) >= 11 is 0. The maximum absolute atomic E-state index is 12.5. The van der Waals surface area contributed by atoms with Gasteiger partial charge >= 0.3 is 0 Å². The van der Waals surface area contributed by atoms with Gasteiger partial charge in [0.1, 0.15) is 17.3 Å². The summed E-state index contributed by atoms with van der Waals surface area (Å²) in [6, 6.07) is 7.02. The fourth-order valence-corrected chi connectivity index (χ4v) is 3.35. The summed E-state index contributed by atoms with van der Waals surface area (Å²) < 4.78 is 10.5. The summed E-state index contributed by atoms with van der Waals surface area (Å²) in [6.45, 7) is 3.36. The number of amides is 1. The van der Waals surface area contributed by atoms with Gasteiger partial charge in [0.05, 0.1) is 20.8 Å². The Kier molecular flexibility index (Phi) is 6.59. The molecule has 1 atom stereocenters. The van der Waals surface area contributed by atoms with Crippen molar-refractivity contribution in [1.29, 1.82) is 0 Å². The van der Waals surface area contributed by atoms with Crippen LogP contribution in [-0.4, -0.2) is 54.6 Å². The fraction of sp³-hybridized carbons (Fsp3) is 0.450. The van der Waals surface area contributed by atoms with Crippen molar-refractivity contribution < 1.29 is 14.3 Å². The Morgan fingerprint density at radius 2 is 1.89 bits per heavy atom. The normalized spacial score (nSPS) is 17.3. The van der Waals surface area contributed by atoms with Crippen LogP contribution < -0.4 is 14.8 Å². The highest BCUT2D eigenvalue weighted by Gasteiger charge is 2.21. The van der Waals surface area contributed by atoms with Gasteiger partial charge in [-0.25, -0.2) is 9.97 Å². The van der Waals surface area contributed by atoms with Gasteiger partial charge in [-0.2, -0.15) is 0 Å². The van der Waals surface area contributed by atoms with Gasteiger partial charge in [-0.1, -0.05) is 0 Å². The van der Waals surface area contributed by atoms with Gasteiger partial charge in [0.25, 0.3) is 5.91 Å². The molecule has 2 heterocycles. The molecule has 1 aliphatic heterocycles. The highest BCUT2D eigenvalue weighted by atomic mass is 16.5. The van der Waals surface area contributed by atoms with Crippen LogP contribution in [0.4, 0.5) is 0 Å². The predicted octanol–water partition coefficient (Wildman–Crippen LogP) is 2.14. The minimum absolute atomic E-state index is 0.115. The highest BCUT2D eigenvalue weighted by Crippen LogP contribution is 2.23. The number of hydrogen-bond donors (Lipinski definition) is 1. The molecule has 0 bridgehead atoms. The van der Waals surface area contributed by atoms with Crippen LogP contribution in [0.1, 0.15) is 29.0 Å². The Labute approximate surface area is 159 Å². The maximum atomic E-state index is 12.5. The first-order valence-electron chi connectivity index (χ1n) is 9.17. The second kappa shape index (κ2) is 9.32. The standard InChI is InChI=1S/C20H26N4O3/c1-26-17-9-16(10-18(11-17)27-2)20(25)23-12-15-5-3-8-24(13-15)14-19-21-6-4-7-22-19/h4,6-7,9-11,15H,3,5,8,12-14H2,1-2H3,(H,23,25). The lowest BCUT2D eigenvalue weighted by Gasteiger charge is -2.32. The van der Waals surface area contributed by atoms with E-state index in [1.807, 2.05) is 6.07 Å². The summed E-state index contributed by atoms with van der Waals surface area (Å²) in [5, 5.41) is 3.05. The van der Waals surface area contributed by atoms with E-state index in [0.717, 1.165) is 38.3 Å². The molecule has 144 valence electrons. The number of ether oxygens (including phenoxy) is 2. The molecule has 1 N–H and O–H groups in total. The number of nitrogens with one attached hydrogen (secondary N) is 1. The molecule has 27 heavy (non-hydrogen) atoms. The lowest BCUT2D eigenvalue weighted by Crippen LogP contribution is -2.40. The molecule has 1 fully saturated rings. The van der Waals surface area contributed by atoms with E-state index in [4.69, 9.17) is 9.47 Å². The number of benzene rings is 1. The SMILES string of the molecule is COc1cc(OC)cc(C(=O)NCC2CCCN(Cc3ncccn3)C2)c1. The summed E-state index contributed by atoms with van der Waals surface area (Å²) in [6.07, 6.45) is 5.76. The summed E-state index contributed by atoms with van der Waals surface area (Å²) in [5.41, 5.74) is 0.538. The van der Waals surface area contributed by atoms with Crippen molar-refractivity contribution in [3.05, 3.63) is 48.0 Å². The summed E-state index contributed by atoms with van der Waals surface area (Å²) in [5.74, 6) is 2.35. The molecular formula is C20H26N4O3. The molecule has 1 aliphatic rings. The van der Waals surface area contributed by atoms with Crippen LogP contribution in [0.3, 0.4) is 0 Å². The zero-order valence-electron chi connectivity index (χ0n) is 15.9. The van der Waals surface area contributed by atoms with Gasteiger partial charge in [0.15, 0.2) is 0 Å². The largest absolute Gasteiger partial charge is 0.497 e. The van der Waals surface area contributed by atoms with E-state index < -0.39 is 0 Å². The monoisotopic (exact) mass is 370 g/mol. The molecule has 0 aliphatic carbocycles. The van der Waals surface area contributed by atoms with Crippen LogP contribution in [-0.2, 0) is 6.54 Å². The third kappa shape index (κ3) is 5.40. The Morgan fingerprint density at radius 1 is 1.19 bits per heavy atom. The van der Waals surface area contributed by atoms with Crippen molar-refractivity contribution in [2.45, 2.75) is 19.4 Å². The topological polar surface area (TPSA) is 76.6 Å². The number of aromatic nitrogens is 2. The van der Waals surface area contributed by atoms with Crippen molar-refractivity contribution in [3.63, 3.8) is 0 Å². The second-order valence-corrected chi connectivity index (χ2v) is 6.72. The van der Waals surface area contributed by atoms with Crippen molar-refractivity contribution in [2.24, 2.45) is 5.92 Å². The number of hydrogen-bond acceptors (Lipinski definition) is 6. The number of carbonyl (C=O) groups excluding carboxylic acids is 1. The first-order chi connectivity index (χ1) is 13.2. The molecule has 7 nitrogen and oxygen atoms in total. The molecule has 1 unspecified atom stereocenters. The quantitative estimate of drug-likeness (QED) is 0.805. The maximum Gasteiger partial charge on any atom is 0.251 e. The van der Waals surface area contributed by atoms with E-state index in [0.29, 0.717) is 29.5 Å². The van der Waals surface area contributed by atoms with Crippen molar-refractivity contribution in [3.8, 4) is 11.5 Å². The van der Waals surface area contributed by atoms with Crippen molar-refractivity contribution >= 4 is 5.91 Å². The van der Waals surface area contributed by atoms with Gasteiger partial charge in [-0.15, -0.1) is 0 Å². The Balaban J connectivity index is 1.54. The van der Waals surface area contributed by atoms with Crippen LogP contribution in [0, 0.1) is 5.92 Å². The van der Waals surface area contributed by atoms with E-state index in [2.05, 4.69) is 20.2 Å². The van der Waals surface area contributed by atoms with E-state index >= 15 is 0 Å². The number of piperidine rings is 1. The highest BCUT2D eigenvalue weighted by molar-refractivity contribution is 5.95. The molecule has 1 amide bonds. The average molecular weight is 370 g/mol.